The zero-order valence-electron chi connectivity index (χ0n) is 21.0. The van der Waals surface area contributed by atoms with Crippen LogP contribution in [0.4, 0.5) is 10.1 Å². The second-order valence-electron chi connectivity index (χ2n) is 8.79. The number of nitrogens with one attached hydrogen (secondary N) is 3. The van der Waals surface area contributed by atoms with Gasteiger partial charge in [-0.25, -0.2) is 4.39 Å². The van der Waals surface area contributed by atoms with Crippen molar-refractivity contribution in [2.45, 2.75) is 26.3 Å². The van der Waals surface area contributed by atoms with Crippen LogP contribution in [0, 0.1) is 24.1 Å². The number of nitrogens with zero attached hydrogens (tertiary/aromatic N) is 1. The normalized spacial score (nSPS) is 14.9. The van der Waals surface area contributed by atoms with Gasteiger partial charge in [-0.2, -0.15) is 5.26 Å². The molecule has 3 aromatic carbocycles. The molecule has 0 aromatic heterocycles. The Hall–Kier alpha value is -4.35. The number of carbonyl (C=O) groups is 2. The molecule has 1 aliphatic heterocycles. The van der Waals surface area contributed by atoms with Gasteiger partial charge in [-0.3, -0.25) is 9.59 Å². The third-order valence-electron chi connectivity index (χ3n) is 6.18. The van der Waals surface area contributed by atoms with E-state index in [0.29, 0.717) is 23.0 Å². The highest BCUT2D eigenvalue weighted by molar-refractivity contribution is 8.03. The van der Waals surface area contributed by atoms with Gasteiger partial charge in [0.2, 0.25) is 5.91 Å². The predicted molar refractivity (Wildman–Crippen MR) is 148 cm³/mol. The summed E-state index contributed by atoms with van der Waals surface area (Å²) in [6.45, 7) is 3.98. The second kappa shape index (κ2) is 12.3. The summed E-state index contributed by atoms with van der Waals surface area (Å²) >= 11 is 1.15. The van der Waals surface area contributed by atoms with Crippen molar-refractivity contribution < 1.29 is 14.0 Å². The van der Waals surface area contributed by atoms with Crippen LogP contribution >= 0.6 is 11.8 Å². The van der Waals surface area contributed by atoms with Gasteiger partial charge in [-0.1, -0.05) is 78.5 Å². The number of para-hydroxylation sites is 1. The topological polar surface area (TPSA) is 94.0 Å². The molecule has 1 atom stereocenters. The lowest BCUT2D eigenvalue weighted by Gasteiger charge is -2.30. The highest BCUT2D eigenvalue weighted by Gasteiger charge is 2.36. The standard InChI is InChI=1S/C30H27FN4O2S/c1-19-10-6-9-15-25(19)35-29(37)27-20(2)34-30(23(16-32)28(27)22-13-7-8-14-24(22)31)38-18-26(36)33-17-21-11-4-3-5-12-21/h3-15,28,34H,17-18H2,1-2H3,(H,33,36)(H,35,37)/t28-/m0/s1. The van der Waals surface area contributed by atoms with Gasteiger partial charge in [-0.15, -0.1) is 0 Å². The monoisotopic (exact) mass is 526 g/mol. The molecule has 1 aliphatic rings. The maximum atomic E-state index is 15.1. The van der Waals surface area contributed by atoms with E-state index in [0.717, 1.165) is 22.9 Å². The maximum Gasteiger partial charge on any atom is 0.254 e. The van der Waals surface area contributed by atoms with Crippen molar-refractivity contribution in [3.05, 3.63) is 123 Å². The SMILES string of the molecule is CC1=C(C(=O)Nc2ccccc2C)[C@@H](c2ccccc2F)C(C#N)=C(SCC(=O)NCc2ccccc2)N1. The number of benzene rings is 3. The Bertz CT molecular complexity index is 1460. The van der Waals surface area contributed by atoms with Gasteiger partial charge in [0.25, 0.3) is 5.91 Å². The smallest absolute Gasteiger partial charge is 0.254 e. The lowest BCUT2D eigenvalue weighted by Crippen LogP contribution is -2.32. The minimum atomic E-state index is -0.943. The molecule has 3 N–H and O–H groups in total. The van der Waals surface area contributed by atoms with Gasteiger partial charge in [0.15, 0.2) is 0 Å². The van der Waals surface area contributed by atoms with Gasteiger partial charge < -0.3 is 16.0 Å². The highest BCUT2D eigenvalue weighted by Crippen LogP contribution is 2.41. The van der Waals surface area contributed by atoms with Crippen molar-refractivity contribution in [2.24, 2.45) is 0 Å². The van der Waals surface area contributed by atoms with E-state index in [1.54, 1.807) is 31.2 Å². The van der Waals surface area contributed by atoms with Crippen LogP contribution in [0.25, 0.3) is 0 Å². The number of carbonyl (C=O) groups excluding carboxylic acids is 2. The van der Waals surface area contributed by atoms with Crippen molar-refractivity contribution in [3.8, 4) is 6.07 Å². The molecule has 2 amide bonds. The minimum Gasteiger partial charge on any atom is -0.353 e. The van der Waals surface area contributed by atoms with E-state index in [2.05, 4.69) is 22.0 Å². The Labute approximate surface area is 225 Å². The minimum absolute atomic E-state index is 0.0440. The van der Waals surface area contributed by atoms with Crippen LogP contribution in [-0.4, -0.2) is 17.6 Å². The average molecular weight is 527 g/mol. The van der Waals surface area contributed by atoms with Crippen LogP contribution in [0.2, 0.25) is 0 Å². The summed E-state index contributed by atoms with van der Waals surface area (Å²) in [5.74, 6) is -2.07. The van der Waals surface area contributed by atoms with E-state index in [1.807, 2.05) is 55.5 Å². The Morgan fingerprint density at radius 2 is 1.68 bits per heavy atom. The molecule has 0 saturated heterocycles. The first-order valence-corrected chi connectivity index (χ1v) is 13.0. The predicted octanol–water partition coefficient (Wildman–Crippen LogP) is 5.52. The molecule has 0 unspecified atom stereocenters. The van der Waals surface area contributed by atoms with Gasteiger partial charge in [-0.05, 0) is 37.1 Å². The molecule has 0 spiro atoms. The lowest BCUT2D eigenvalue weighted by atomic mass is 9.82. The average Bonchev–Trinajstić information content (AvgIpc) is 2.92. The molecule has 4 rings (SSSR count). The largest absolute Gasteiger partial charge is 0.353 e. The van der Waals surface area contributed by atoms with Gasteiger partial charge >= 0.3 is 0 Å². The molecule has 0 saturated carbocycles. The fourth-order valence-corrected chi connectivity index (χ4v) is 5.16. The number of rotatable bonds is 8. The first kappa shape index (κ1) is 26.7. The molecule has 0 fully saturated rings. The van der Waals surface area contributed by atoms with Gasteiger partial charge in [0.05, 0.1) is 28.3 Å². The summed E-state index contributed by atoms with van der Waals surface area (Å²) < 4.78 is 15.1. The molecule has 38 heavy (non-hydrogen) atoms. The van der Waals surface area contributed by atoms with Crippen molar-refractivity contribution >= 4 is 29.3 Å². The van der Waals surface area contributed by atoms with Gasteiger partial charge in [0, 0.05) is 29.1 Å². The number of amides is 2. The van der Waals surface area contributed by atoms with Crippen LogP contribution in [0.1, 0.15) is 29.5 Å². The molecule has 0 radical (unpaired) electrons. The quantitative estimate of drug-likeness (QED) is 0.359. The summed E-state index contributed by atoms with van der Waals surface area (Å²) in [5.41, 5.74) is 3.59. The summed E-state index contributed by atoms with van der Waals surface area (Å²) in [7, 11) is 0. The van der Waals surface area contributed by atoms with Crippen molar-refractivity contribution in [1.82, 2.24) is 10.6 Å². The molecule has 0 aliphatic carbocycles. The fourth-order valence-electron chi connectivity index (χ4n) is 4.24. The van der Waals surface area contributed by atoms with Crippen LogP contribution < -0.4 is 16.0 Å². The summed E-state index contributed by atoms with van der Waals surface area (Å²) in [4.78, 5) is 26.1. The second-order valence-corrected chi connectivity index (χ2v) is 9.78. The van der Waals surface area contributed by atoms with Crippen LogP contribution in [0.3, 0.4) is 0 Å². The number of hydrogen-bond acceptors (Lipinski definition) is 5. The van der Waals surface area contributed by atoms with E-state index in [1.165, 1.54) is 6.07 Å². The number of allylic oxidation sites excluding steroid dienone is 2. The fraction of sp³-hybridized carbons (Fsp3) is 0.167. The van der Waals surface area contributed by atoms with Crippen LogP contribution in [0.15, 0.2) is 101 Å². The number of hydrogen-bond donors (Lipinski definition) is 3. The van der Waals surface area contributed by atoms with E-state index in [9.17, 15) is 14.9 Å². The van der Waals surface area contributed by atoms with E-state index < -0.39 is 17.6 Å². The first-order valence-electron chi connectivity index (χ1n) is 12.1. The van der Waals surface area contributed by atoms with Crippen molar-refractivity contribution in [3.63, 3.8) is 0 Å². The highest BCUT2D eigenvalue weighted by atomic mass is 32.2. The lowest BCUT2D eigenvalue weighted by molar-refractivity contribution is -0.118. The number of nitriles is 1. The molecule has 8 heteroatoms. The molecule has 0 bridgehead atoms. The molecular formula is C30H27FN4O2S. The molecular weight excluding hydrogens is 499 g/mol. The van der Waals surface area contributed by atoms with Crippen LogP contribution in [-0.2, 0) is 16.1 Å². The summed E-state index contributed by atoms with van der Waals surface area (Å²) in [6, 6.07) is 25.2. The van der Waals surface area contributed by atoms with Crippen molar-refractivity contribution in [2.75, 3.05) is 11.1 Å². The zero-order valence-corrected chi connectivity index (χ0v) is 21.9. The maximum absolute atomic E-state index is 15.1. The number of dihydropyridines is 1. The summed E-state index contributed by atoms with van der Waals surface area (Å²) in [5, 5.41) is 19.5. The molecule has 192 valence electrons. The Morgan fingerprint density at radius 3 is 2.39 bits per heavy atom. The van der Waals surface area contributed by atoms with Crippen LogP contribution in [0.5, 0.6) is 0 Å². The van der Waals surface area contributed by atoms with E-state index in [-0.39, 0.29) is 28.4 Å². The Kier molecular flexibility index (Phi) is 8.62. The van der Waals surface area contributed by atoms with Crippen molar-refractivity contribution in [1.29, 1.82) is 5.26 Å². The Balaban J connectivity index is 1.61. The molecule has 3 aromatic rings. The first-order chi connectivity index (χ1) is 18.4. The Morgan fingerprint density at radius 1 is 1.00 bits per heavy atom. The van der Waals surface area contributed by atoms with E-state index in [4.69, 9.17) is 0 Å². The zero-order chi connectivity index (χ0) is 27.1. The molecule has 1 heterocycles. The van der Waals surface area contributed by atoms with E-state index >= 15 is 4.39 Å². The number of halogens is 1. The molecule has 6 nitrogen and oxygen atoms in total. The number of anilines is 1. The van der Waals surface area contributed by atoms with Gasteiger partial charge in [0.1, 0.15) is 5.82 Å². The number of thioether (sulfide) groups is 1. The summed E-state index contributed by atoms with van der Waals surface area (Å²) in [6.07, 6.45) is 0. The third kappa shape index (κ3) is 6.13. The number of aryl methyl sites for hydroxylation is 1. The third-order valence-corrected chi connectivity index (χ3v) is 7.20.